The molecular weight excluding hydrogens is 335 g/mol. The number of nitrogens with zero attached hydrogens (tertiary/aromatic N) is 2. The predicted molar refractivity (Wildman–Crippen MR) is 94.9 cm³/mol. The molecule has 1 heterocycles. The van der Waals surface area contributed by atoms with E-state index >= 15 is 0 Å². The molecule has 1 aromatic heterocycles. The summed E-state index contributed by atoms with van der Waals surface area (Å²) in [5.41, 5.74) is 3.00. The number of aromatic nitrogens is 2. The first kappa shape index (κ1) is 16.4. The fraction of sp³-hybridized carbons (Fsp3) is 0.250. The molecule has 0 spiro atoms. The molecule has 2 aromatic carbocycles. The molecule has 1 fully saturated rings. The highest BCUT2D eigenvalue weighted by Gasteiger charge is 2.24. The maximum absolute atomic E-state index is 14.2. The second-order valence-electron chi connectivity index (χ2n) is 6.55. The van der Waals surface area contributed by atoms with E-state index in [4.69, 9.17) is 4.74 Å². The SMILES string of the molecule is COc1cc2ncnc(-c3ccc(C(=O)O)c(CC4CC4)c3)c2cc1F. The first-order valence-corrected chi connectivity index (χ1v) is 8.41. The number of fused-ring (bicyclic) bond motifs is 1. The third-order valence-electron chi connectivity index (χ3n) is 4.72. The Morgan fingerprint density at radius 3 is 2.77 bits per heavy atom. The number of hydrogen-bond donors (Lipinski definition) is 1. The average Bonchev–Trinajstić information content (AvgIpc) is 3.44. The summed E-state index contributed by atoms with van der Waals surface area (Å²) in [6.45, 7) is 0. The van der Waals surface area contributed by atoms with Gasteiger partial charge in [0.05, 0.1) is 23.9 Å². The van der Waals surface area contributed by atoms with E-state index in [-0.39, 0.29) is 5.75 Å². The van der Waals surface area contributed by atoms with Gasteiger partial charge in [0.15, 0.2) is 11.6 Å². The van der Waals surface area contributed by atoms with Crippen LogP contribution >= 0.6 is 0 Å². The fourth-order valence-corrected chi connectivity index (χ4v) is 3.20. The highest BCUT2D eigenvalue weighted by Crippen LogP contribution is 2.36. The van der Waals surface area contributed by atoms with Crippen LogP contribution < -0.4 is 4.74 Å². The molecular formula is C20H17FN2O3. The zero-order valence-corrected chi connectivity index (χ0v) is 14.2. The summed E-state index contributed by atoms with van der Waals surface area (Å²) in [7, 11) is 1.40. The molecule has 26 heavy (non-hydrogen) atoms. The van der Waals surface area contributed by atoms with Gasteiger partial charge in [0.25, 0.3) is 0 Å². The van der Waals surface area contributed by atoms with E-state index in [0.717, 1.165) is 30.4 Å². The van der Waals surface area contributed by atoms with Crippen molar-refractivity contribution in [3.05, 3.63) is 53.6 Å². The Labute approximate surface area is 149 Å². The Morgan fingerprint density at radius 1 is 1.27 bits per heavy atom. The van der Waals surface area contributed by atoms with Crippen LogP contribution in [0.15, 0.2) is 36.7 Å². The summed E-state index contributed by atoms with van der Waals surface area (Å²) in [6, 6.07) is 8.06. The highest BCUT2D eigenvalue weighted by atomic mass is 19.1. The van der Waals surface area contributed by atoms with Gasteiger partial charge in [0, 0.05) is 17.0 Å². The van der Waals surface area contributed by atoms with Crippen molar-refractivity contribution < 1.29 is 19.0 Å². The van der Waals surface area contributed by atoms with E-state index < -0.39 is 11.8 Å². The Bertz CT molecular complexity index is 1020. The topological polar surface area (TPSA) is 72.3 Å². The molecule has 1 saturated carbocycles. The second-order valence-corrected chi connectivity index (χ2v) is 6.55. The zero-order valence-electron chi connectivity index (χ0n) is 14.2. The van der Waals surface area contributed by atoms with Gasteiger partial charge in [-0.05, 0) is 48.9 Å². The van der Waals surface area contributed by atoms with Crippen LogP contribution in [0, 0.1) is 11.7 Å². The fourth-order valence-electron chi connectivity index (χ4n) is 3.20. The van der Waals surface area contributed by atoms with Crippen LogP contribution in [-0.4, -0.2) is 28.2 Å². The Balaban J connectivity index is 1.86. The average molecular weight is 352 g/mol. The van der Waals surface area contributed by atoms with E-state index in [1.807, 2.05) is 6.07 Å². The number of carboxylic acids is 1. The molecule has 0 unspecified atom stereocenters. The van der Waals surface area contributed by atoms with Gasteiger partial charge in [-0.3, -0.25) is 0 Å². The minimum absolute atomic E-state index is 0.123. The lowest BCUT2D eigenvalue weighted by Gasteiger charge is -2.11. The van der Waals surface area contributed by atoms with E-state index in [9.17, 15) is 14.3 Å². The van der Waals surface area contributed by atoms with Crippen LogP contribution in [-0.2, 0) is 6.42 Å². The van der Waals surface area contributed by atoms with Gasteiger partial charge in [-0.25, -0.2) is 19.2 Å². The number of halogens is 1. The highest BCUT2D eigenvalue weighted by molar-refractivity contribution is 5.95. The van der Waals surface area contributed by atoms with Gasteiger partial charge in [-0.1, -0.05) is 6.07 Å². The van der Waals surface area contributed by atoms with E-state index in [2.05, 4.69) is 9.97 Å². The monoisotopic (exact) mass is 352 g/mol. The third-order valence-corrected chi connectivity index (χ3v) is 4.72. The van der Waals surface area contributed by atoms with Crippen molar-refractivity contribution in [1.82, 2.24) is 9.97 Å². The lowest BCUT2D eigenvalue weighted by molar-refractivity contribution is 0.0695. The van der Waals surface area contributed by atoms with Gasteiger partial charge in [-0.15, -0.1) is 0 Å². The summed E-state index contributed by atoms with van der Waals surface area (Å²) in [5, 5.41) is 10.00. The van der Waals surface area contributed by atoms with Crippen LogP contribution in [0.1, 0.15) is 28.8 Å². The molecule has 0 saturated heterocycles. The summed E-state index contributed by atoms with van der Waals surface area (Å²) < 4.78 is 19.2. The summed E-state index contributed by atoms with van der Waals surface area (Å²) in [6.07, 6.45) is 4.41. The van der Waals surface area contributed by atoms with Gasteiger partial charge in [-0.2, -0.15) is 0 Å². The van der Waals surface area contributed by atoms with Crippen LogP contribution in [0.5, 0.6) is 5.75 Å². The van der Waals surface area contributed by atoms with Crippen LogP contribution in [0.25, 0.3) is 22.2 Å². The van der Waals surface area contributed by atoms with Crippen LogP contribution in [0.3, 0.4) is 0 Å². The van der Waals surface area contributed by atoms with Gasteiger partial charge in [0.1, 0.15) is 6.33 Å². The summed E-state index contributed by atoms with van der Waals surface area (Å²) in [4.78, 5) is 20.0. The Hall–Kier alpha value is -3.02. The van der Waals surface area contributed by atoms with Crippen LogP contribution in [0.4, 0.5) is 4.39 Å². The maximum Gasteiger partial charge on any atom is 0.335 e. The van der Waals surface area contributed by atoms with Crippen molar-refractivity contribution in [2.45, 2.75) is 19.3 Å². The van der Waals surface area contributed by atoms with Crippen LogP contribution in [0.2, 0.25) is 0 Å². The molecule has 0 radical (unpaired) electrons. The lowest BCUT2D eigenvalue weighted by Crippen LogP contribution is -2.04. The standard InChI is InChI=1S/C20H17FN2O3/c1-26-18-9-17-15(8-16(18)21)19(23-10-22-17)12-4-5-14(20(24)25)13(7-12)6-11-2-3-11/h4-5,7-11H,2-3,6H2,1H3,(H,24,25). The van der Waals surface area contributed by atoms with E-state index in [1.165, 1.54) is 25.6 Å². The summed E-state index contributed by atoms with van der Waals surface area (Å²) in [5.74, 6) is -0.753. The molecule has 1 aliphatic carbocycles. The molecule has 1 N–H and O–H groups in total. The molecule has 0 aliphatic heterocycles. The lowest BCUT2D eigenvalue weighted by atomic mass is 9.96. The van der Waals surface area contributed by atoms with Crippen molar-refractivity contribution in [3.8, 4) is 17.0 Å². The first-order valence-electron chi connectivity index (χ1n) is 8.41. The smallest absolute Gasteiger partial charge is 0.335 e. The van der Waals surface area contributed by atoms with Crippen molar-refractivity contribution >= 4 is 16.9 Å². The molecule has 4 rings (SSSR count). The minimum atomic E-state index is -0.935. The quantitative estimate of drug-likeness (QED) is 0.749. The molecule has 5 nitrogen and oxygen atoms in total. The normalized spacial score (nSPS) is 13.8. The molecule has 0 bridgehead atoms. The first-order chi connectivity index (χ1) is 12.6. The number of rotatable bonds is 5. The second kappa shape index (κ2) is 6.37. The number of methoxy groups -OCH3 is 1. The third kappa shape index (κ3) is 2.98. The zero-order chi connectivity index (χ0) is 18.3. The summed E-state index contributed by atoms with van der Waals surface area (Å²) >= 11 is 0. The number of ether oxygens (including phenoxy) is 1. The van der Waals surface area contributed by atoms with Crippen molar-refractivity contribution in [1.29, 1.82) is 0 Å². The molecule has 0 amide bonds. The van der Waals surface area contributed by atoms with E-state index in [1.54, 1.807) is 12.1 Å². The number of aromatic carboxylic acids is 1. The van der Waals surface area contributed by atoms with Gasteiger partial charge in [0.2, 0.25) is 0 Å². The van der Waals surface area contributed by atoms with Gasteiger partial charge < -0.3 is 9.84 Å². The number of hydrogen-bond acceptors (Lipinski definition) is 4. The number of benzene rings is 2. The largest absolute Gasteiger partial charge is 0.494 e. The minimum Gasteiger partial charge on any atom is -0.494 e. The molecule has 3 aromatic rings. The van der Waals surface area contributed by atoms with Gasteiger partial charge >= 0.3 is 5.97 Å². The molecule has 1 aliphatic rings. The van der Waals surface area contributed by atoms with Crippen molar-refractivity contribution in [2.75, 3.05) is 7.11 Å². The maximum atomic E-state index is 14.2. The van der Waals surface area contributed by atoms with E-state index in [0.29, 0.717) is 28.1 Å². The molecule has 0 atom stereocenters. The predicted octanol–water partition coefficient (Wildman–Crippen LogP) is 4.10. The van der Waals surface area contributed by atoms with Crippen molar-refractivity contribution in [2.24, 2.45) is 5.92 Å². The number of carbonyl (C=O) groups is 1. The Kier molecular flexibility index (Phi) is 4.03. The van der Waals surface area contributed by atoms with Crippen molar-refractivity contribution in [3.63, 3.8) is 0 Å². The molecule has 6 heteroatoms. The molecule has 132 valence electrons. The Morgan fingerprint density at radius 2 is 2.08 bits per heavy atom. The number of carboxylic acid groups (broad SMARTS) is 1.